The van der Waals surface area contributed by atoms with Gasteiger partial charge in [-0.15, -0.1) is 21.5 Å². The second-order valence-corrected chi connectivity index (χ2v) is 8.53. The number of esters is 1. The molecule has 0 atom stereocenters. The van der Waals surface area contributed by atoms with Gasteiger partial charge in [0.25, 0.3) is 0 Å². The third-order valence-corrected chi connectivity index (χ3v) is 5.70. The molecular weight excluding hydrogens is 468 g/mol. The molecule has 0 saturated carbocycles. The summed E-state index contributed by atoms with van der Waals surface area (Å²) in [6.07, 6.45) is 0.633. The number of thiazole rings is 1. The number of nitrogens with one attached hydrogen (secondary N) is 2. The molecule has 4 N–H and O–H groups in total. The Morgan fingerprint density at radius 1 is 1.00 bits per heavy atom. The van der Waals surface area contributed by atoms with E-state index in [1.807, 2.05) is 66.7 Å². The molecule has 0 unspecified atom stereocenters. The van der Waals surface area contributed by atoms with Crippen molar-refractivity contribution in [1.82, 2.24) is 15.2 Å². The molecule has 0 saturated heterocycles. The summed E-state index contributed by atoms with van der Waals surface area (Å²) >= 11 is 6.74. The van der Waals surface area contributed by atoms with Crippen molar-refractivity contribution in [1.29, 1.82) is 0 Å². The molecule has 0 amide bonds. The largest absolute Gasteiger partial charge is 0.465 e. The molecule has 0 aliphatic carbocycles. The molecule has 172 valence electrons. The number of ether oxygens (including phenoxy) is 1. The van der Waals surface area contributed by atoms with Gasteiger partial charge in [0.15, 0.2) is 16.1 Å². The van der Waals surface area contributed by atoms with Crippen LogP contribution in [0.3, 0.4) is 0 Å². The SMILES string of the molecule is Nc1nc(CC(=O)OCCc2ccccc2NC(=S)Nc2ccc(-c3ccccc3)nn2)cs1. The van der Waals surface area contributed by atoms with Crippen LogP contribution in [0.25, 0.3) is 11.3 Å². The molecule has 0 fully saturated rings. The maximum Gasteiger partial charge on any atom is 0.311 e. The molecule has 2 heterocycles. The minimum absolute atomic E-state index is 0.103. The van der Waals surface area contributed by atoms with Gasteiger partial charge in [0, 0.05) is 23.1 Å². The lowest BCUT2D eigenvalue weighted by molar-refractivity contribution is -0.142. The molecule has 4 rings (SSSR count). The van der Waals surface area contributed by atoms with E-state index in [9.17, 15) is 4.79 Å². The van der Waals surface area contributed by atoms with E-state index in [2.05, 4.69) is 25.8 Å². The quantitative estimate of drug-likeness (QED) is 0.245. The summed E-state index contributed by atoms with van der Waals surface area (Å²) in [5, 5.41) is 17.3. The Bertz CT molecular complexity index is 1260. The van der Waals surface area contributed by atoms with E-state index in [-0.39, 0.29) is 19.0 Å². The molecule has 8 nitrogen and oxygen atoms in total. The molecule has 0 aliphatic heterocycles. The van der Waals surface area contributed by atoms with Gasteiger partial charge in [0.05, 0.1) is 24.4 Å². The van der Waals surface area contributed by atoms with Crippen LogP contribution in [0.15, 0.2) is 72.1 Å². The molecule has 0 aliphatic rings. The highest BCUT2D eigenvalue weighted by atomic mass is 32.1. The molecule has 0 spiro atoms. The van der Waals surface area contributed by atoms with Crippen LogP contribution in [0.1, 0.15) is 11.3 Å². The van der Waals surface area contributed by atoms with Crippen LogP contribution >= 0.6 is 23.6 Å². The summed E-state index contributed by atoms with van der Waals surface area (Å²) in [5.74, 6) is 0.191. The molecule has 4 aromatic rings. The number of hydrogen-bond donors (Lipinski definition) is 3. The van der Waals surface area contributed by atoms with Crippen molar-refractivity contribution in [3.05, 3.63) is 83.4 Å². The Balaban J connectivity index is 1.29. The van der Waals surface area contributed by atoms with Crippen molar-refractivity contribution < 1.29 is 9.53 Å². The Hall–Kier alpha value is -3.89. The second kappa shape index (κ2) is 11.3. The molecule has 10 heteroatoms. The first kappa shape index (κ1) is 23.3. The molecule has 0 bridgehead atoms. The lowest BCUT2D eigenvalue weighted by atomic mass is 10.1. The number of para-hydroxylation sites is 1. The zero-order valence-corrected chi connectivity index (χ0v) is 19.7. The van der Waals surface area contributed by atoms with Gasteiger partial charge in [-0.1, -0.05) is 48.5 Å². The van der Waals surface area contributed by atoms with Gasteiger partial charge < -0.3 is 21.1 Å². The van der Waals surface area contributed by atoms with E-state index in [0.717, 1.165) is 22.5 Å². The number of nitrogens with two attached hydrogens (primary N) is 1. The van der Waals surface area contributed by atoms with E-state index >= 15 is 0 Å². The molecule has 0 radical (unpaired) electrons. The predicted octanol–water partition coefficient (Wildman–Crippen LogP) is 4.32. The van der Waals surface area contributed by atoms with Crippen molar-refractivity contribution in [3.63, 3.8) is 0 Å². The number of carbonyl (C=O) groups excluding carboxylic acids is 1. The van der Waals surface area contributed by atoms with Crippen LogP contribution in [0.2, 0.25) is 0 Å². The first-order chi connectivity index (χ1) is 16.6. The van der Waals surface area contributed by atoms with Crippen LogP contribution in [-0.4, -0.2) is 32.9 Å². The first-order valence-corrected chi connectivity index (χ1v) is 11.8. The molecule has 2 aromatic carbocycles. The van der Waals surface area contributed by atoms with Gasteiger partial charge in [-0.2, -0.15) is 0 Å². The lowest BCUT2D eigenvalue weighted by Crippen LogP contribution is -2.21. The van der Waals surface area contributed by atoms with Gasteiger partial charge >= 0.3 is 5.97 Å². The zero-order chi connectivity index (χ0) is 23.8. The summed E-state index contributed by atoms with van der Waals surface area (Å²) in [7, 11) is 0. The average molecular weight is 491 g/mol. The predicted molar refractivity (Wildman–Crippen MR) is 139 cm³/mol. The summed E-state index contributed by atoms with van der Waals surface area (Å²) in [4.78, 5) is 16.1. The Labute approximate surface area is 206 Å². The van der Waals surface area contributed by atoms with Gasteiger partial charge in [-0.3, -0.25) is 4.79 Å². The van der Waals surface area contributed by atoms with Crippen molar-refractivity contribution in [2.75, 3.05) is 23.0 Å². The van der Waals surface area contributed by atoms with E-state index in [1.54, 1.807) is 5.38 Å². The number of anilines is 3. The van der Waals surface area contributed by atoms with Crippen LogP contribution in [0.4, 0.5) is 16.6 Å². The maximum atomic E-state index is 12.0. The van der Waals surface area contributed by atoms with Crippen molar-refractivity contribution in [3.8, 4) is 11.3 Å². The number of thiocarbonyl (C=S) groups is 1. The topological polar surface area (TPSA) is 115 Å². The number of nitrogens with zero attached hydrogens (tertiary/aromatic N) is 3. The fraction of sp³-hybridized carbons (Fsp3) is 0.125. The van der Waals surface area contributed by atoms with Gasteiger partial charge in [0.1, 0.15) is 0 Å². The van der Waals surface area contributed by atoms with Gasteiger partial charge in [0.2, 0.25) is 0 Å². The monoisotopic (exact) mass is 490 g/mol. The Morgan fingerprint density at radius 2 is 1.79 bits per heavy atom. The Morgan fingerprint density at radius 3 is 2.53 bits per heavy atom. The van der Waals surface area contributed by atoms with E-state index in [0.29, 0.717) is 28.2 Å². The second-order valence-electron chi connectivity index (χ2n) is 7.23. The minimum atomic E-state index is -0.342. The fourth-order valence-corrected chi connectivity index (χ4v) is 3.95. The summed E-state index contributed by atoms with van der Waals surface area (Å²) in [6.45, 7) is 0.240. The highest BCUT2D eigenvalue weighted by Crippen LogP contribution is 2.18. The van der Waals surface area contributed by atoms with E-state index < -0.39 is 0 Å². The number of nitrogen functional groups attached to an aromatic ring is 1. The highest BCUT2D eigenvalue weighted by Gasteiger charge is 2.10. The average Bonchev–Trinajstić information content (AvgIpc) is 3.25. The number of hydrogen-bond acceptors (Lipinski definition) is 8. The maximum absolute atomic E-state index is 12.0. The van der Waals surface area contributed by atoms with Crippen LogP contribution in [-0.2, 0) is 22.4 Å². The lowest BCUT2D eigenvalue weighted by Gasteiger charge is -2.14. The normalized spacial score (nSPS) is 10.5. The standard InChI is InChI=1S/C24H22N6O2S2/c25-23-26-18(15-34-23)14-22(31)32-13-12-17-8-4-5-9-19(17)27-24(33)28-21-11-10-20(29-30-21)16-6-2-1-3-7-16/h1-11,15H,12-14H2,(H2,25,26)(H2,27,28,30,33). The minimum Gasteiger partial charge on any atom is -0.465 e. The van der Waals surface area contributed by atoms with Crippen molar-refractivity contribution >= 4 is 51.3 Å². The molecule has 2 aromatic heterocycles. The van der Waals surface area contributed by atoms with Gasteiger partial charge in [-0.05, 0) is 36.0 Å². The summed E-state index contributed by atoms with van der Waals surface area (Å²) in [6, 6.07) is 21.2. The van der Waals surface area contributed by atoms with E-state index in [1.165, 1.54) is 11.3 Å². The highest BCUT2D eigenvalue weighted by molar-refractivity contribution is 7.80. The van der Waals surface area contributed by atoms with Crippen LogP contribution in [0.5, 0.6) is 0 Å². The number of benzene rings is 2. The smallest absolute Gasteiger partial charge is 0.311 e. The molecular formula is C24H22N6O2S2. The van der Waals surface area contributed by atoms with Crippen molar-refractivity contribution in [2.45, 2.75) is 12.8 Å². The summed E-state index contributed by atoms with van der Waals surface area (Å²) < 4.78 is 5.35. The number of rotatable bonds is 8. The Kier molecular flexibility index (Phi) is 7.74. The van der Waals surface area contributed by atoms with Crippen molar-refractivity contribution in [2.24, 2.45) is 0 Å². The number of aromatic nitrogens is 3. The zero-order valence-electron chi connectivity index (χ0n) is 18.1. The van der Waals surface area contributed by atoms with Crippen LogP contribution in [0, 0.1) is 0 Å². The molecule has 34 heavy (non-hydrogen) atoms. The van der Waals surface area contributed by atoms with Gasteiger partial charge in [-0.25, -0.2) is 4.98 Å². The fourth-order valence-electron chi connectivity index (χ4n) is 3.17. The van der Waals surface area contributed by atoms with E-state index in [4.69, 9.17) is 22.7 Å². The van der Waals surface area contributed by atoms with Crippen LogP contribution < -0.4 is 16.4 Å². The number of carbonyl (C=O) groups is 1. The first-order valence-electron chi connectivity index (χ1n) is 10.5. The summed E-state index contributed by atoms with van der Waals surface area (Å²) in [5.41, 5.74) is 9.76. The third-order valence-electron chi connectivity index (χ3n) is 4.77. The third kappa shape index (κ3) is 6.56.